The first kappa shape index (κ1) is 16.1. The fourth-order valence-electron chi connectivity index (χ4n) is 1.92. The van der Waals surface area contributed by atoms with E-state index >= 15 is 0 Å². The van der Waals surface area contributed by atoms with Crippen LogP contribution in [0.25, 0.3) is 0 Å². The van der Waals surface area contributed by atoms with Gasteiger partial charge in [0.1, 0.15) is 0 Å². The van der Waals surface area contributed by atoms with Crippen molar-refractivity contribution in [2.75, 3.05) is 16.9 Å². The van der Waals surface area contributed by atoms with E-state index in [4.69, 9.17) is 9.79 Å². The van der Waals surface area contributed by atoms with Crippen LogP contribution in [0.3, 0.4) is 0 Å². The minimum absolute atomic E-state index is 0.0364. The summed E-state index contributed by atoms with van der Waals surface area (Å²) in [6.45, 7) is 3.47. The molecule has 0 radical (unpaired) electrons. The number of non-ortho nitro benzene ring substituents is 1. The molecule has 0 aromatic heterocycles. The highest BCUT2D eigenvalue weighted by Gasteiger charge is 2.24. The van der Waals surface area contributed by atoms with Crippen LogP contribution in [-0.4, -0.2) is 26.9 Å². The number of nitrogens with one attached hydrogen (secondary N) is 3. The van der Waals surface area contributed by atoms with Crippen LogP contribution >= 0.6 is 7.60 Å². The molecule has 1 aliphatic heterocycles. The maximum Gasteiger partial charge on any atom is 0.339 e. The van der Waals surface area contributed by atoms with E-state index in [1.165, 1.54) is 12.1 Å². The van der Waals surface area contributed by atoms with Gasteiger partial charge >= 0.3 is 7.60 Å². The number of rotatable bonds is 5. The predicted molar refractivity (Wildman–Crippen MR) is 78.2 cm³/mol. The van der Waals surface area contributed by atoms with Crippen LogP contribution in [0.5, 0.6) is 0 Å². The van der Waals surface area contributed by atoms with Crippen LogP contribution in [0.4, 0.5) is 17.1 Å². The highest BCUT2D eigenvalue weighted by molar-refractivity contribution is 7.51. The molecule has 10 nitrogen and oxygen atoms in total. The van der Waals surface area contributed by atoms with Crippen LogP contribution in [0.2, 0.25) is 0 Å². The molecule has 11 heteroatoms. The molecule has 1 aromatic rings. The summed E-state index contributed by atoms with van der Waals surface area (Å²) in [7, 11) is -4.24. The van der Waals surface area contributed by atoms with Crippen molar-refractivity contribution >= 4 is 30.6 Å². The number of fused-ring (bicyclic) bond motifs is 1. The number of anilines is 2. The Kier molecular flexibility index (Phi) is 4.29. The number of amides is 1. The fraction of sp³-hybridized carbons (Fsp3) is 0.182. The SMILES string of the molecule is C=C1Nc2c(CNCP(=O)(O)O)cc([N+](=O)[O-])cc2NC1=O. The molecule has 1 heterocycles. The summed E-state index contributed by atoms with van der Waals surface area (Å²) in [5.74, 6) is -0.512. The van der Waals surface area contributed by atoms with Crippen molar-refractivity contribution in [3.63, 3.8) is 0 Å². The first-order valence-electron chi connectivity index (χ1n) is 6.01. The van der Waals surface area contributed by atoms with Crippen molar-refractivity contribution in [1.82, 2.24) is 5.32 Å². The van der Waals surface area contributed by atoms with Gasteiger partial charge in [-0.25, -0.2) is 0 Å². The average molecular weight is 328 g/mol. The second kappa shape index (κ2) is 5.85. The summed E-state index contributed by atoms with van der Waals surface area (Å²) in [6, 6.07) is 2.45. The summed E-state index contributed by atoms with van der Waals surface area (Å²) in [4.78, 5) is 39.5. The second-order valence-corrected chi connectivity index (χ2v) is 6.24. The summed E-state index contributed by atoms with van der Waals surface area (Å²) >= 11 is 0. The van der Waals surface area contributed by atoms with Crippen LogP contribution in [0.15, 0.2) is 24.4 Å². The number of nitro benzene ring substituents is 1. The molecule has 5 N–H and O–H groups in total. The number of carbonyl (C=O) groups excluding carboxylic acids is 1. The van der Waals surface area contributed by atoms with Crippen molar-refractivity contribution in [2.45, 2.75) is 6.54 Å². The number of hydrogen-bond donors (Lipinski definition) is 5. The zero-order chi connectivity index (χ0) is 16.5. The molecule has 0 fully saturated rings. The number of hydrogen-bond acceptors (Lipinski definition) is 6. The number of nitrogens with zero attached hydrogens (tertiary/aromatic N) is 1. The van der Waals surface area contributed by atoms with Crippen LogP contribution < -0.4 is 16.0 Å². The molecule has 1 aromatic carbocycles. The molecular weight excluding hydrogens is 315 g/mol. The lowest BCUT2D eigenvalue weighted by Crippen LogP contribution is -2.26. The van der Waals surface area contributed by atoms with E-state index in [1.807, 2.05) is 0 Å². The van der Waals surface area contributed by atoms with E-state index < -0.39 is 24.7 Å². The van der Waals surface area contributed by atoms with E-state index in [-0.39, 0.29) is 23.6 Å². The van der Waals surface area contributed by atoms with E-state index in [1.54, 1.807) is 0 Å². The molecule has 0 spiro atoms. The molecule has 0 bridgehead atoms. The Bertz CT molecular complexity index is 713. The Morgan fingerprint density at radius 3 is 2.64 bits per heavy atom. The van der Waals surface area contributed by atoms with Gasteiger partial charge in [-0.2, -0.15) is 0 Å². The highest BCUT2D eigenvalue weighted by atomic mass is 31.2. The van der Waals surface area contributed by atoms with Crippen molar-refractivity contribution in [3.05, 3.63) is 40.1 Å². The van der Waals surface area contributed by atoms with Crippen LogP contribution in [0, 0.1) is 10.1 Å². The zero-order valence-corrected chi connectivity index (χ0v) is 12.1. The molecule has 118 valence electrons. The summed E-state index contributed by atoms with van der Waals surface area (Å²) < 4.78 is 10.8. The Morgan fingerprint density at radius 2 is 2.05 bits per heavy atom. The van der Waals surface area contributed by atoms with E-state index in [9.17, 15) is 19.5 Å². The molecule has 0 atom stereocenters. The molecule has 0 saturated heterocycles. The minimum Gasteiger partial charge on any atom is -0.350 e. The largest absolute Gasteiger partial charge is 0.350 e. The molecule has 1 aliphatic rings. The molecule has 0 saturated carbocycles. The van der Waals surface area contributed by atoms with Gasteiger partial charge in [0.25, 0.3) is 11.6 Å². The third-order valence-electron chi connectivity index (χ3n) is 2.85. The zero-order valence-electron chi connectivity index (χ0n) is 11.2. The molecule has 0 unspecified atom stereocenters. The first-order valence-corrected chi connectivity index (χ1v) is 7.81. The molecule has 1 amide bonds. The quantitative estimate of drug-likeness (QED) is 0.229. The van der Waals surface area contributed by atoms with Crippen molar-refractivity contribution < 1.29 is 24.1 Å². The van der Waals surface area contributed by atoms with Gasteiger partial charge in [0, 0.05) is 18.7 Å². The lowest BCUT2D eigenvalue weighted by Gasteiger charge is -2.23. The average Bonchev–Trinajstić information content (AvgIpc) is 2.38. The van der Waals surface area contributed by atoms with Crippen molar-refractivity contribution in [1.29, 1.82) is 0 Å². The monoisotopic (exact) mass is 328 g/mol. The third-order valence-corrected chi connectivity index (χ3v) is 3.48. The number of carbonyl (C=O) groups is 1. The van der Waals surface area contributed by atoms with Gasteiger partial charge < -0.3 is 25.7 Å². The standard InChI is InChI=1S/C11H13N4O6P/c1-6-11(16)14-9-3-8(15(17)18)2-7(10(9)13-6)4-12-5-22(19,20)21/h2-3,12-13H,1,4-5H2,(H,14,16)(H2,19,20,21). The topological polar surface area (TPSA) is 154 Å². The van der Waals surface area contributed by atoms with Gasteiger partial charge in [-0.1, -0.05) is 6.58 Å². The normalized spacial score (nSPS) is 14.1. The maximum atomic E-state index is 11.5. The molecular formula is C11H13N4O6P. The van der Waals surface area contributed by atoms with E-state index in [0.29, 0.717) is 11.3 Å². The van der Waals surface area contributed by atoms with Crippen LogP contribution in [-0.2, 0) is 15.9 Å². The third kappa shape index (κ3) is 3.68. The Labute approximate surface area is 124 Å². The Balaban J connectivity index is 2.34. The molecule has 2 rings (SSSR count). The summed E-state index contributed by atoms with van der Waals surface area (Å²) in [5, 5.41) is 18.6. The van der Waals surface area contributed by atoms with Gasteiger partial charge in [0.15, 0.2) is 0 Å². The van der Waals surface area contributed by atoms with Crippen molar-refractivity contribution in [3.8, 4) is 0 Å². The van der Waals surface area contributed by atoms with Gasteiger partial charge in [0.05, 0.1) is 28.3 Å². The highest BCUT2D eigenvalue weighted by Crippen LogP contribution is 2.36. The van der Waals surface area contributed by atoms with Gasteiger partial charge in [-0.3, -0.25) is 19.5 Å². The van der Waals surface area contributed by atoms with Gasteiger partial charge in [-0.05, 0) is 5.56 Å². The molecule has 22 heavy (non-hydrogen) atoms. The fourth-order valence-corrected chi connectivity index (χ4v) is 2.32. The Hall–Kier alpha value is -2.26. The summed E-state index contributed by atoms with van der Waals surface area (Å²) in [5.41, 5.74) is 0.797. The van der Waals surface area contributed by atoms with E-state index in [2.05, 4.69) is 22.5 Å². The number of benzene rings is 1. The lowest BCUT2D eigenvalue weighted by molar-refractivity contribution is -0.384. The predicted octanol–water partition coefficient (Wildman–Crippen LogP) is 0.697. The second-order valence-electron chi connectivity index (χ2n) is 4.59. The summed E-state index contributed by atoms with van der Waals surface area (Å²) in [6.07, 6.45) is -0.572. The smallest absolute Gasteiger partial charge is 0.339 e. The van der Waals surface area contributed by atoms with E-state index in [0.717, 1.165) is 0 Å². The Morgan fingerprint density at radius 1 is 1.36 bits per heavy atom. The van der Waals surface area contributed by atoms with Gasteiger partial charge in [-0.15, -0.1) is 0 Å². The lowest BCUT2D eigenvalue weighted by atomic mass is 10.1. The first-order chi connectivity index (χ1) is 10.2. The minimum atomic E-state index is -4.24. The maximum absolute atomic E-state index is 11.5. The van der Waals surface area contributed by atoms with Crippen molar-refractivity contribution in [2.24, 2.45) is 0 Å². The number of nitro groups is 1. The van der Waals surface area contributed by atoms with Gasteiger partial charge in [0.2, 0.25) is 0 Å². The van der Waals surface area contributed by atoms with Crippen LogP contribution in [0.1, 0.15) is 5.56 Å². The molecule has 0 aliphatic carbocycles.